The molecule has 1 aromatic carbocycles. The molecule has 1 rings (SSSR count). The van der Waals surface area contributed by atoms with Crippen LogP contribution in [0.15, 0.2) is 18.2 Å². The normalized spacial score (nSPS) is 9.79. The summed E-state index contributed by atoms with van der Waals surface area (Å²) < 4.78 is 5.37. The Kier molecular flexibility index (Phi) is 5.66. The third kappa shape index (κ3) is 4.17. The summed E-state index contributed by atoms with van der Waals surface area (Å²) >= 11 is 0. The van der Waals surface area contributed by atoms with Crippen molar-refractivity contribution in [2.24, 2.45) is 0 Å². The van der Waals surface area contributed by atoms with Crippen molar-refractivity contribution in [3.05, 3.63) is 23.8 Å². The number of nitrogen functional groups attached to an aromatic ring is 1. The molecule has 0 saturated carbocycles. The van der Waals surface area contributed by atoms with Gasteiger partial charge < -0.3 is 21.1 Å². The van der Waals surface area contributed by atoms with E-state index in [4.69, 9.17) is 10.5 Å². The van der Waals surface area contributed by atoms with Gasteiger partial charge in [0.25, 0.3) is 5.91 Å². The van der Waals surface area contributed by atoms with Gasteiger partial charge in [-0.25, -0.2) is 0 Å². The highest BCUT2D eigenvalue weighted by Gasteiger charge is 2.14. The minimum atomic E-state index is -0.306. The molecule has 0 unspecified atom stereocenters. The van der Waals surface area contributed by atoms with E-state index >= 15 is 0 Å². The number of nitrogens with two attached hydrogens (primary N) is 1. The zero-order valence-corrected chi connectivity index (χ0v) is 11.2. The molecule has 6 nitrogen and oxygen atoms in total. The Balaban J connectivity index is 2.71. The first kappa shape index (κ1) is 14.8. The van der Waals surface area contributed by atoms with E-state index in [9.17, 15) is 9.59 Å². The number of carbonyl (C=O) groups excluding carboxylic acids is 2. The average molecular weight is 265 g/mol. The summed E-state index contributed by atoms with van der Waals surface area (Å²) in [5.74, 6) is -0.0556. The zero-order chi connectivity index (χ0) is 14.3. The number of hydrogen-bond acceptors (Lipinski definition) is 4. The van der Waals surface area contributed by atoms with Gasteiger partial charge in [0.1, 0.15) is 0 Å². The van der Waals surface area contributed by atoms with Gasteiger partial charge in [-0.15, -0.1) is 0 Å². The summed E-state index contributed by atoms with van der Waals surface area (Å²) in [7, 11) is 1.55. The molecule has 0 aliphatic carbocycles. The Labute approximate surface area is 112 Å². The Morgan fingerprint density at radius 3 is 2.74 bits per heavy atom. The largest absolute Gasteiger partial charge is 0.491 e. The van der Waals surface area contributed by atoms with Crippen molar-refractivity contribution in [1.82, 2.24) is 10.6 Å². The van der Waals surface area contributed by atoms with Crippen molar-refractivity contribution in [3.63, 3.8) is 0 Å². The maximum absolute atomic E-state index is 12.0. The van der Waals surface area contributed by atoms with E-state index in [0.717, 1.165) is 0 Å². The molecule has 0 saturated heterocycles. The number of nitrogens with one attached hydrogen (secondary N) is 2. The lowest BCUT2D eigenvalue weighted by molar-refractivity contribution is -0.120. The number of anilines is 1. The predicted molar refractivity (Wildman–Crippen MR) is 73.0 cm³/mol. The van der Waals surface area contributed by atoms with Crippen LogP contribution >= 0.6 is 0 Å². The van der Waals surface area contributed by atoms with Crippen LogP contribution < -0.4 is 21.1 Å². The minimum absolute atomic E-state index is 0.127. The number of ether oxygens (including phenoxy) is 1. The van der Waals surface area contributed by atoms with Crippen LogP contribution in [0.1, 0.15) is 23.7 Å². The van der Waals surface area contributed by atoms with Crippen molar-refractivity contribution < 1.29 is 14.3 Å². The standard InChI is InChI=1S/C13H19N3O3/c1-3-19-12-9(5-4-6-10(12)14)13(18)16-8-7-11(17)15-2/h4-6H,3,7-8,14H2,1-2H3,(H,15,17)(H,16,18). The lowest BCUT2D eigenvalue weighted by atomic mass is 10.1. The Hall–Kier alpha value is -2.24. The van der Waals surface area contributed by atoms with Crippen molar-refractivity contribution in [2.75, 3.05) is 25.9 Å². The molecular formula is C13H19N3O3. The molecule has 0 heterocycles. The Morgan fingerprint density at radius 1 is 1.37 bits per heavy atom. The smallest absolute Gasteiger partial charge is 0.255 e. The van der Waals surface area contributed by atoms with E-state index in [0.29, 0.717) is 23.6 Å². The first-order valence-corrected chi connectivity index (χ1v) is 6.10. The molecule has 1 aromatic rings. The molecule has 4 N–H and O–H groups in total. The summed E-state index contributed by atoms with van der Waals surface area (Å²) in [6.45, 7) is 2.51. The number of carbonyl (C=O) groups is 2. The summed E-state index contributed by atoms with van der Waals surface area (Å²) in [6, 6.07) is 4.99. The fraction of sp³-hybridized carbons (Fsp3) is 0.385. The predicted octanol–water partition coefficient (Wildman–Crippen LogP) is 0.533. The van der Waals surface area contributed by atoms with Crippen LogP contribution in [0.5, 0.6) is 5.75 Å². The van der Waals surface area contributed by atoms with E-state index in [1.807, 2.05) is 6.92 Å². The fourth-order valence-corrected chi connectivity index (χ4v) is 1.55. The van der Waals surface area contributed by atoms with Crippen LogP contribution in [-0.4, -0.2) is 32.0 Å². The second-order valence-corrected chi connectivity index (χ2v) is 3.84. The fourth-order valence-electron chi connectivity index (χ4n) is 1.55. The topological polar surface area (TPSA) is 93.4 Å². The highest BCUT2D eigenvalue weighted by Crippen LogP contribution is 2.26. The van der Waals surface area contributed by atoms with Crippen LogP contribution in [0.25, 0.3) is 0 Å². The molecule has 2 amide bonds. The van der Waals surface area contributed by atoms with Crippen molar-refractivity contribution >= 4 is 17.5 Å². The molecular weight excluding hydrogens is 246 g/mol. The molecule has 0 spiro atoms. The molecule has 0 bridgehead atoms. The third-order valence-corrected chi connectivity index (χ3v) is 2.50. The summed E-state index contributed by atoms with van der Waals surface area (Å²) in [5, 5.41) is 5.14. The zero-order valence-electron chi connectivity index (χ0n) is 11.2. The number of rotatable bonds is 6. The second-order valence-electron chi connectivity index (χ2n) is 3.84. The van der Waals surface area contributed by atoms with Gasteiger partial charge in [-0.1, -0.05) is 6.07 Å². The molecule has 6 heteroatoms. The van der Waals surface area contributed by atoms with Crippen molar-refractivity contribution in [3.8, 4) is 5.75 Å². The van der Waals surface area contributed by atoms with Gasteiger partial charge >= 0.3 is 0 Å². The van der Waals surface area contributed by atoms with E-state index < -0.39 is 0 Å². The molecule has 0 aromatic heterocycles. The third-order valence-electron chi connectivity index (χ3n) is 2.50. The first-order chi connectivity index (χ1) is 9.10. The van der Waals surface area contributed by atoms with Crippen LogP contribution in [0.4, 0.5) is 5.69 Å². The summed E-state index contributed by atoms with van der Waals surface area (Å²) in [5.41, 5.74) is 6.57. The van der Waals surface area contributed by atoms with Crippen LogP contribution in [0.2, 0.25) is 0 Å². The molecule has 0 radical (unpaired) electrons. The van der Waals surface area contributed by atoms with Crippen LogP contribution in [-0.2, 0) is 4.79 Å². The first-order valence-electron chi connectivity index (χ1n) is 6.10. The number of benzene rings is 1. The van der Waals surface area contributed by atoms with Gasteiger partial charge in [0, 0.05) is 20.0 Å². The molecule has 0 atom stereocenters. The highest BCUT2D eigenvalue weighted by atomic mass is 16.5. The highest BCUT2D eigenvalue weighted by molar-refractivity contribution is 5.98. The van der Waals surface area contributed by atoms with Gasteiger partial charge in [-0.05, 0) is 19.1 Å². The minimum Gasteiger partial charge on any atom is -0.491 e. The van der Waals surface area contributed by atoms with Crippen molar-refractivity contribution in [2.45, 2.75) is 13.3 Å². The quantitative estimate of drug-likeness (QED) is 0.654. The van der Waals surface area contributed by atoms with Crippen LogP contribution in [0, 0.1) is 0 Å². The molecule has 104 valence electrons. The monoisotopic (exact) mass is 265 g/mol. The maximum atomic E-state index is 12.0. The number of para-hydroxylation sites is 1. The van der Waals surface area contributed by atoms with Crippen LogP contribution in [0.3, 0.4) is 0 Å². The number of hydrogen-bond donors (Lipinski definition) is 3. The van der Waals surface area contributed by atoms with E-state index in [-0.39, 0.29) is 24.8 Å². The average Bonchev–Trinajstić information content (AvgIpc) is 2.40. The SMILES string of the molecule is CCOc1c(N)cccc1C(=O)NCCC(=O)NC. The van der Waals surface area contributed by atoms with Gasteiger partial charge in [0.05, 0.1) is 17.9 Å². The lowest BCUT2D eigenvalue weighted by Gasteiger charge is -2.12. The number of amides is 2. The van der Waals surface area contributed by atoms with Gasteiger partial charge in [0.15, 0.2) is 5.75 Å². The lowest BCUT2D eigenvalue weighted by Crippen LogP contribution is -2.29. The van der Waals surface area contributed by atoms with Gasteiger partial charge in [-0.3, -0.25) is 9.59 Å². The van der Waals surface area contributed by atoms with Gasteiger partial charge in [0.2, 0.25) is 5.91 Å². The molecule has 0 aliphatic heterocycles. The van der Waals surface area contributed by atoms with E-state index in [1.165, 1.54) is 0 Å². The maximum Gasteiger partial charge on any atom is 0.255 e. The van der Waals surface area contributed by atoms with E-state index in [1.54, 1.807) is 25.2 Å². The summed E-state index contributed by atoms with van der Waals surface area (Å²) in [4.78, 5) is 23.0. The Morgan fingerprint density at radius 2 is 2.11 bits per heavy atom. The molecule has 19 heavy (non-hydrogen) atoms. The second kappa shape index (κ2) is 7.25. The van der Waals surface area contributed by atoms with E-state index in [2.05, 4.69) is 10.6 Å². The Bertz CT molecular complexity index is 460. The molecule has 0 fully saturated rings. The molecule has 0 aliphatic rings. The summed E-state index contributed by atoms with van der Waals surface area (Å²) in [6.07, 6.45) is 0.231. The van der Waals surface area contributed by atoms with Crippen molar-refractivity contribution in [1.29, 1.82) is 0 Å². The van der Waals surface area contributed by atoms with Gasteiger partial charge in [-0.2, -0.15) is 0 Å².